The van der Waals surface area contributed by atoms with Crippen LogP contribution in [0.1, 0.15) is 24.8 Å². The number of nitrogens with zero attached hydrogens (tertiary/aromatic N) is 2. The number of halogens is 1. The smallest absolute Gasteiger partial charge is 0.0458 e. The van der Waals surface area contributed by atoms with Crippen LogP contribution in [-0.2, 0) is 6.54 Å². The van der Waals surface area contributed by atoms with Crippen molar-refractivity contribution in [1.82, 2.24) is 9.80 Å². The molecular formula is C15H22BrN3. The Kier molecular flexibility index (Phi) is 4.10. The van der Waals surface area contributed by atoms with Gasteiger partial charge in [-0.15, -0.1) is 0 Å². The lowest BCUT2D eigenvalue weighted by molar-refractivity contribution is 0.215. The van der Waals surface area contributed by atoms with Gasteiger partial charge in [-0.25, -0.2) is 0 Å². The van der Waals surface area contributed by atoms with Crippen LogP contribution in [0.2, 0.25) is 0 Å². The fourth-order valence-electron chi connectivity index (χ4n) is 3.35. The second-order valence-corrected chi connectivity index (χ2v) is 6.63. The highest BCUT2D eigenvalue weighted by molar-refractivity contribution is 9.10. The highest BCUT2D eigenvalue weighted by atomic mass is 79.9. The summed E-state index contributed by atoms with van der Waals surface area (Å²) in [5, 5.41) is 0. The van der Waals surface area contributed by atoms with Gasteiger partial charge in [0.05, 0.1) is 0 Å². The highest BCUT2D eigenvalue weighted by Crippen LogP contribution is 2.24. The summed E-state index contributed by atoms with van der Waals surface area (Å²) < 4.78 is 1.02. The molecule has 2 N–H and O–H groups in total. The summed E-state index contributed by atoms with van der Waals surface area (Å²) in [5.41, 5.74) is 8.02. The molecule has 19 heavy (non-hydrogen) atoms. The standard InChI is InChI=1S/C15H22BrN3/c16-14-9-12(4-5-15(14)17)10-18-6-2-8-19-7-1-3-13(19)11-18/h4-5,9,13H,1-3,6-8,10-11,17H2. The minimum Gasteiger partial charge on any atom is -0.398 e. The average Bonchev–Trinajstić information content (AvgIpc) is 2.73. The first-order valence-corrected chi connectivity index (χ1v) is 8.02. The minimum atomic E-state index is 0.791. The maximum Gasteiger partial charge on any atom is 0.0458 e. The lowest BCUT2D eigenvalue weighted by Gasteiger charge is -2.25. The molecule has 2 aliphatic heterocycles. The SMILES string of the molecule is Nc1ccc(CN2CCCN3CCCC3C2)cc1Br. The summed E-state index contributed by atoms with van der Waals surface area (Å²) in [6, 6.07) is 7.10. The fourth-order valence-corrected chi connectivity index (χ4v) is 3.78. The zero-order valence-corrected chi connectivity index (χ0v) is 12.9. The van der Waals surface area contributed by atoms with Gasteiger partial charge in [0.15, 0.2) is 0 Å². The molecule has 2 fully saturated rings. The van der Waals surface area contributed by atoms with Gasteiger partial charge >= 0.3 is 0 Å². The topological polar surface area (TPSA) is 32.5 Å². The summed E-state index contributed by atoms with van der Waals surface area (Å²) in [7, 11) is 0. The zero-order valence-electron chi connectivity index (χ0n) is 11.3. The monoisotopic (exact) mass is 323 g/mol. The van der Waals surface area contributed by atoms with Crippen molar-refractivity contribution in [3.8, 4) is 0 Å². The lowest BCUT2D eigenvalue weighted by Crippen LogP contribution is -2.36. The molecule has 0 amide bonds. The first-order valence-electron chi connectivity index (χ1n) is 7.23. The van der Waals surface area contributed by atoms with Crippen LogP contribution < -0.4 is 5.73 Å². The fraction of sp³-hybridized carbons (Fsp3) is 0.600. The Morgan fingerprint density at radius 1 is 1.21 bits per heavy atom. The van der Waals surface area contributed by atoms with Gasteiger partial charge in [-0.05, 0) is 72.5 Å². The number of nitrogens with two attached hydrogens (primary N) is 1. The van der Waals surface area contributed by atoms with Crippen LogP contribution in [0.5, 0.6) is 0 Å². The van der Waals surface area contributed by atoms with E-state index in [1.807, 2.05) is 6.07 Å². The van der Waals surface area contributed by atoms with Gasteiger partial charge in [-0.2, -0.15) is 0 Å². The molecule has 1 unspecified atom stereocenters. The van der Waals surface area contributed by atoms with Gasteiger partial charge in [-0.1, -0.05) is 6.07 Å². The van der Waals surface area contributed by atoms with E-state index in [0.29, 0.717) is 0 Å². The third-order valence-electron chi connectivity index (χ3n) is 4.36. The number of benzene rings is 1. The molecule has 0 spiro atoms. The van der Waals surface area contributed by atoms with Crippen molar-refractivity contribution < 1.29 is 0 Å². The molecule has 2 saturated heterocycles. The molecule has 4 heteroatoms. The Morgan fingerprint density at radius 3 is 2.89 bits per heavy atom. The first-order chi connectivity index (χ1) is 9.22. The summed E-state index contributed by atoms with van der Waals surface area (Å²) >= 11 is 3.52. The molecule has 0 radical (unpaired) electrons. The van der Waals surface area contributed by atoms with Crippen molar-refractivity contribution in [3.05, 3.63) is 28.2 Å². The molecular weight excluding hydrogens is 302 g/mol. The zero-order chi connectivity index (χ0) is 13.2. The first kappa shape index (κ1) is 13.4. The lowest BCUT2D eigenvalue weighted by atomic mass is 10.1. The number of hydrogen-bond acceptors (Lipinski definition) is 3. The van der Waals surface area contributed by atoms with Crippen LogP contribution in [-0.4, -0.2) is 42.0 Å². The van der Waals surface area contributed by atoms with Crippen molar-refractivity contribution in [3.63, 3.8) is 0 Å². The molecule has 3 rings (SSSR count). The molecule has 104 valence electrons. The van der Waals surface area contributed by atoms with Crippen molar-refractivity contribution >= 4 is 21.6 Å². The average molecular weight is 324 g/mol. The Hall–Kier alpha value is -0.580. The number of fused-ring (bicyclic) bond motifs is 1. The van der Waals surface area contributed by atoms with Crippen LogP contribution in [0, 0.1) is 0 Å². The van der Waals surface area contributed by atoms with Gasteiger partial charge in [0.1, 0.15) is 0 Å². The van der Waals surface area contributed by atoms with Gasteiger partial charge in [0.2, 0.25) is 0 Å². The Labute approximate surface area is 123 Å². The van der Waals surface area contributed by atoms with E-state index in [1.54, 1.807) is 0 Å². The highest BCUT2D eigenvalue weighted by Gasteiger charge is 2.28. The van der Waals surface area contributed by atoms with Gasteiger partial charge in [0, 0.05) is 29.3 Å². The number of anilines is 1. The van der Waals surface area contributed by atoms with Crippen LogP contribution in [0.4, 0.5) is 5.69 Å². The Balaban J connectivity index is 1.66. The molecule has 1 aromatic carbocycles. The second kappa shape index (κ2) is 5.81. The number of rotatable bonds is 2. The predicted octanol–water partition coefficient (Wildman–Crippen LogP) is 2.70. The molecule has 2 aliphatic rings. The summed E-state index contributed by atoms with van der Waals surface area (Å²) in [5.74, 6) is 0. The molecule has 0 aliphatic carbocycles. The summed E-state index contributed by atoms with van der Waals surface area (Å²) in [6.45, 7) is 6.08. The van der Waals surface area contributed by atoms with Crippen molar-refractivity contribution in [1.29, 1.82) is 0 Å². The molecule has 2 heterocycles. The number of hydrogen-bond donors (Lipinski definition) is 1. The van der Waals surface area contributed by atoms with Crippen LogP contribution >= 0.6 is 15.9 Å². The molecule has 0 aromatic heterocycles. The minimum absolute atomic E-state index is 0.791. The second-order valence-electron chi connectivity index (χ2n) is 5.78. The Bertz CT molecular complexity index is 449. The molecule has 0 bridgehead atoms. The van der Waals surface area contributed by atoms with Crippen molar-refractivity contribution in [2.45, 2.75) is 31.8 Å². The van der Waals surface area contributed by atoms with E-state index in [1.165, 1.54) is 51.0 Å². The van der Waals surface area contributed by atoms with Crippen LogP contribution in [0.3, 0.4) is 0 Å². The van der Waals surface area contributed by atoms with E-state index in [2.05, 4.69) is 37.9 Å². The van der Waals surface area contributed by atoms with E-state index in [-0.39, 0.29) is 0 Å². The van der Waals surface area contributed by atoms with Crippen molar-refractivity contribution in [2.24, 2.45) is 0 Å². The van der Waals surface area contributed by atoms with Gasteiger partial charge in [-0.3, -0.25) is 9.80 Å². The maximum absolute atomic E-state index is 5.85. The maximum atomic E-state index is 5.85. The van der Waals surface area contributed by atoms with Gasteiger partial charge < -0.3 is 5.73 Å². The van der Waals surface area contributed by atoms with E-state index in [4.69, 9.17) is 5.73 Å². The third kappa shape index (κ3) is 3.12. The van der Waals surface area contributed by atoms with E-state index in [9.17, 15) is 0 Å². The van der Waals surface area contributed by atoms with Crippen LogP contribution in [0.15, 0.2) is 22.7 Å². The quantitative estimate of drug-likeness (QED) is 0.849. The molecule has 1 aromatic rings. The number of nitrogen functional groups attached to an aromatic ring is 1. The van der Waals surface area contributed by atoms with Crippen LogP contribution in [0.25, 0.3) is 0 Å². The molecule has 0 saturated carbocycles. The largest absolute Gasteiger partial charge is 0.398 e. The normalized spacial score (nSPS) is 25.2. The Morgan fingerprint density at radius 2 is 2.05 bits per heavy atom. The van der Waals surface area contributed by atoms with E-state index < -0.39 is 0 Å². The third-order valence-corrected chi connectivity index (χ3v) is 5.05. The van der Waals surface area contributed by atoms with Gasteiger partial charge in [0.25, 0.3) is 0 Å². The van der Waals surface area contributed by atoms with E-state index in [0.717, 1.165) is 22.7 Å². The summed E-state index contributed by atoms with van der Waals surface area (Å²) in [6.07, 6.45) is 4.06. The summed E-state index contributed by atoms with van der Waals surface area (Å²) in [4.78, 5) is 5.28. The predicted molar refractivity (Wildman–Crippen MR) is 83.0 cm³/mol. The van der Waals surface area contributed by atoms with Crippen molar-refractivity contribution in [2.75, 3.05) is 31.9 Å². The molecule has 1 atom stereocenters. The van der Waals surface area contributed by atoms with E-state index >= 15 is 0 Å². The molecule has 3 nitrogen and oxygen atoms in total.